The minimum Gasteiger partial charge on any atom is -0.354 e. The molecule has 2 unspecified atom stereocenters. The van der Waals surface area contributed by atoms with Gasteiger partial charge >= 0.3 is 0 Å². The molecule has 1 fully saturated rings. The van der Waals surface area contributed by atoms with Crippen molar-refractivity contribution in [3.05, 3.63) is 34.9 Å². The molecule has 2 N–H and O–H groups in total. The van der Waals surface area contributed by atoms with Crippen molar-refractivity contribution in [2.24, 2.45) is 5.92 Å². The van der Waals surface area contributed by atoms with Gasteiger partial charge in [-0.05, 0) is 43.0 Å². The monoisotopic (exact) mass is 266 g/mol. The minimum atomic E-state index is -0.0183. The Labute approximate surface area is 113 Å². The van der Waals surface area contributed by atoms with E-state index in [2.05, 4.69) is 17.6 Å². The van der Waals surface area contributed by atoms with Crippen molar-refractivity contribution < 1.29 is 4.79 Å². The lowest BCUT2D eigenvalue weighted by atomic mass is 10.0. The van der Waals surface area contributed by atoms with Crippen LogP contribution in [-0.4, -0.2) is 25.0 Å². The van der Waals surface area contributed by atoms with Crippen LogP contribution in [0.2, 0.25) is 5.02 Å². The van der Waals surface area contributed by atoms with Crippen LogP contribution in [0.4, 0.5) is 0 Å². The van der Waals surface area contributed by atoms with Gasteiger partial charge in [-0.1, -0.05) is 30.7 Å². The van der Waals surface area contributed by atoms with Crippen molar-refractivity contribution in [3.8, 4) is 0 Å². The molecule has 2 rings (SSSR count). The zero-order chi connectivity index (χ0) is 13.0. The van der Waals surface area contributed by atoms with Gasteiger partial charge in [-0.15, -0.1) is 0 Å². The summed E-state index contributed by atoms with van der Waals surface area (Å²) in [5, 5.41) is 6.96. The Hall–Kier alpha value is -1.06. The Bertz CT molecular complexity index is 405. The molecule has 4 heteroatoms. The SMILES string of the molecule is CC1CCNC1C(=O)NCCc1ccc(Cl)cc1. The first-order valence-corrected chi connectivity index (χ1v) is 6.80. The summed E-state index contributed by atoms with van der Waals surface area (Å²) in [7, 11) is 0. The largest absolute Gasteiger partial charge is 0.354 e. The molecule has 1 saturated heterocycles. The first kappa shape index (κ1) is 13.4. The molecule has 0 radical (unpaired) electrons. The third-order valence-corrected chi connectivity index (χ3v) is 3.69. The van der Waals surface area contributed by atoms with E-state index < -0.39 is 0 Å². The standard InChI is InChI=1S/C14H19ClN2O/c1-10-6-8-16-13(10)14(18)17-9-7-11-2-4-12(15)5-3-11/h2-5,10,13,16H,6-9H2,1H3,(H,17,18). The summed E-state index contributed by atoms with van der Waals surface area (Å²) in [5.74, 6) is 0.550. The van der Waals surface area contributed by atoms with E-state index in [9.17, 15) is 4.79 Å². The topological polar surface area (TPSA) is 41.1 Å². The molecule has 2 atom stereocenters. The van der Waals surface area contributed by atoms with E-state index in [0.717, 1.165) is 24.4 Å². The number of nitrogens with one attached hydrogen (secondary N) is 2. The second-order valence-electron chi connectivity index (χ2n) is 4.87. The number of amides is 1. The summed E-state index contributed by atoms with van der Waals surface area (Å²) in [6, 6.07) is 7.71. The average Bonchev–Trinajstić information content (AvgIpc) is 2.78. The Morgan fingerprint density at radius 3 is 2.78 bits per heavy atom. The van der Waals surface area contributed by atoms with Gasteiger partial charge in [0.2, 0.25) is 5.91 Å². The van der Waals surface area contributed by atoms with E-state index in [1.54, 1.807) is 0 Å². The summed E-state index contributed by atoms with van der Waals surface area (Å²) in [5.41, 5.74) is 1.19. The number of hydrogen-bond acceptors (Lipinski definition) is 2. The molecule has 0 saturated carbocycles. The fourth-order valence-electron chi connectivity index (χ4n) is 2.28. The van der Waals surface area contributed by atoms with E-state index in [-0.39, 0.29) is 11.9 Å². The van der Waals surface area contributed by atoms with Gasteiger partial charge in [0, 0.05) is 11.6 Å². The normalized spacial score (nSPS) is 23.0. The molecule has 0 aromatic heterocycles. The van der Waals surface area contributed by atoms with E-state index >= 15 is 0 Å². The highest BCUT2D eigenvalue weighted by Crippen LogP contribution is 2.14. The van der Waals surface area contributed by atoms with Gasteiger partial charge in [0.15, 0.2) is 0 Å². The van der Waals surface area contributed by atoms with Crippen LogP contribution in [-0.2, 0) is 11.2 Å². The van der Waals surface area contributed by atoms with Crippen LogP contribution >= 0.6 is 11.6 Å². The molecule has 0 bridgehead atoms. The summed E-state index contributed by atoms with van der Waals surface area (Å²) in [6.07, 6.45) is 1.92. The number of hydrogen-bond donors (Lipinski definition) is 2. The van der Waals surface area contributed by atoms with Crippen LogP contribution < -0.4 is 10.6 Å². The summed E-state index contributed by atoms with van der Waals surface area (Å²) in [6.45, 7) is 3.73. The van der Waals surface area contributed by atoms with E-state index in [1.807, 2.05) is 24.3 Å². The Balaban J connectivity index is 1.75. The number of benzene rings is 1. The number of carbonyl (C=O) groups excluding carboxylic acids is 1. The van der Waals surface area contributed by atoms with Crippen LogP contribution in [0.3, 0.4) is 0 Å². The maximum absolute atomic E-state index is 11.9. The Morgan fingerprint density at radius 1 is 1.44 bits per heavy atom. The first-order valence-electron chi connectivity index (χ1n) is 6.42. The lowest BCUT2D eigenvalue weighted by molar-refractivity contribution is -0.123. The van der Waals surface area contributed by atoms with Crippen LogP contribution in [0, 0.1) is 5.92 Å². The van der Waals surface area contributed by atoms with Crippen molar-refractivity contribution >= 4 is 17.5 Å². The highest BCUT2D eigenvalue weighted by molar-refractivity contribution is 6.30. The van der Waals surface area contributed by atoms with E-state index in [4.69, 9.17) is 11.6 Å². The Kier molecular flexibility index (Phi) is 4.61. The Morgan fingerprint density at radius 2 is 2.17 bits per heavy atom. The van der Waals surface area contributed by atoms with Gasteiger partial charge in [0.05, 0.1) is 6.04 Å². The van der Waals surface area contributed by atoms with Gasteiger partial charge in [-0.3, -0.25) is 4.79 Å². The van der Waals surface area contributed by atoms with Gasteiger partial charge in [-0.2, -0.15) is 0 Å². The molecule has 0 spiro atoms. The average molecular weight is 267 g/mol. The molecule has 1 aromatic rings. The van der Waals surface area contributed by atoms with Crippen molar-refractivity contribution in [2.75, 3.05) is 13.1 Å². The molecule has 0 aliphatic carbocycles. The molecular formula is C14H19ClN2O. The highest BCUT2D eigenvalue weighted by atomic mass is 35.5. The maximum atomic E-state index is 11.9. The molecule has 1 aliphatic rings. The third kappa shape index (κ3) is 3.47. The second kappa shape index (κ2) is 6.21. The molecule has 1 amide bonds. The molecule has 98 valence electrons. The minimum absolute atomic E-state index is 0.0183. The van der Waals surface area contributed by atoms with Crippen molar-refractivity contribution in [1.82, 2.24) is 10.6 Å². The summed E-state index contributed by atoms with van der Waals surface area (Å²) >= 11 is 5.82. The fourth-order valence-corrected chi connectivity index (χ4v) is 2.40. The van der Waals surface area contributed by atoms with Crippen LogP contribution in [0.5, 0.6) is 0 Å². The predicted octanol–water partition coefficient (Wildman–Crippen LogP) is 2.00. The smallest absolute Gasteiger partial charge is 0.237 e. The maximum Gasteiger partial charge on any atom is 0.237 e. The fraction of sp³-hybridized carbons (Fsp3) is 0.500. The lowest BCUT2D eigenvalue weighted by Gasteiger charge is -2.15. The number of carbonyl (C=O) groups is 1. The molecule has 1 aliphatic heterocycles. The highest BCUT2D eigenvalue weighted by Gasteiger charge is 2.28. The van der Waals surface area contributed by atoms with Crippen LogP contribution in [0.1, 0.15) is 18.9 Å². The molecule has 3 nitrogen and oxygen atoms in total. The van der Waals surface area contributed by atoms with E-state index in [0.29, 0.717) is 12.5 Å². The third-order valence-electron chi connectivity index (χ3n) is 3.44. The number of halogens is 1. The summed E-state index contributed by atoms with van der Waals surface area (Å²) in [4.78, 5) is 11.9. The second-order valence-corrected chi connectivity index (χ2v) is 5.30. The van der Waals surface area contributed by atoms with Crippen molar-refractivity contribution in [1.29, 1.82) is 0 Å². The van der Waals surface area contributed by atoms with Gasteiger partial charge in [0.25, 0.3) is 0 Å². The van der Waals surface area contributed by atoms with Gasteiger partial charge in [0.1, 0.15) is 0 Å². The van der Waals surface area contributed by atoms with Gasteiger partial charge < -0.3 is 10.6 Å². The van der Waals surface area contributed by atoms with Crippen molar-refractivity contribution in [2.45, 2.75) is 25.8 Å². The molecular weight excluding hydrogens is 248 g/mol. The zero-order valence-corrected chi connectivity index (χ0v) is 11.3. The molecule has 18 heavy (non-hydrogen) atoms. The quantitative estimate of drug-likeness (QED) is 0.875. The molecule has 1 heterocycles. The summed E-state index contributed by atoms with van der Waals surface area (Å²) < 4.78 is 0. The molecule has 1 aromatic carbocycles. The lowest BCUT2D eigenvalue weighted by Crippen LogP contribution is -2.43. The first-order chi connectivity index (χ1) is 8.66. The van der Waals surface area contributed by atoms with Crippen molar-refractivity contribution in [3.63, 3.8) is 0 Å². The van der Waals surface area contributed by atoms with E-state index in [1.165, 1.54) is 5.56 Å². The van der Waals surface area contributed by atoms with Crippen LogP contribution in [0.25, 0.3) is 0 Å². The zero-order valence-electron chi connectivity index (χ0n) is 10.6. The number of rotatable bonds is 4. The predicted molar refractivity (Wildman–Crippen MR) is 73.7 cm³/mol. The van der Waals surface area contributed by atoms with Crippen LogP contribution in [0.15, 0.2) is 24.3 Å². The van der Waals surface area contributed by atoms with Gasteiger partial charge in [-0.25, -0.2) is 0 Å².